The van der Waals surface area contributed by atoms with Gasteiger partial charge in [0.25, 0.3) is 5.69 Å². The molecule has 0 bridgehead atoms. The standard InChI is InChI=1S/C32H38N4O6SSi/c1-21(42-44(5,6)32(2,3)4)27-29(37)35-28(31(38)41-20-23-12-14-24(15-13-23)36(39)40)25(43-30(27)35)18-26-33-16-17-34(26)19-22-10-8-7-9-11-22/h7-17,21,27,30H,18-20H2,1-6H3/t21-,27+,30+/m0/s1. The minimum atomic E-state index is -2.14. The number of esters is 1. The van der Waals surface area contributed by atoms with Gasteiger partial charge in [0.2, 0.25) is 5.91 Å². The summed E-state index contributed by atoms with van der Waals surface area (Å²) in [5.41, 5.74) is 1.92. The summed E-state index contributed by atoms with van der Waals surface area (Å²) in [6.07, 6.45) is 3.70. The fraction of sp³-hybridized carbons (Fsp3) is 0.406. The monoisotopic (exact) mass is 634 g/mol. The van der Waals surface area contributed by atoms with Crippen molar-refractivity contribution < 1.29 is 23.7 Å². The number of rotatable bonds is 11. The third-order valence-corrected chi connectivity index (χ3v) is 14.6. The number of non-ortho nitro benzene ring substituents is 1. The first-order valence-corrected chi connectivity index (χ1v) is 18.4. The fourth-order valence-electron chi connectivity index (χ4n) is 5.18. The average Bonchev–Trinajstić information content (AvgIpc) is 3.53. The van der Waals surface area contributed by atoms with Crippen molar-refractivity contribution in [3.05, 3.63) is 105 Å². The number of thioether (sulfide) groups is 1. The zero-order valence-electron chi connectivity index (χ0n) is 25.9. The van der Waals surface area contributed by atoms with Gasteiger partial charge < -0.3 is 13.7 Å². The number of β-lactam (4-membered cyclic amide) rings is 1. The molecule has 12 heteroatoms. The highest BCUT2D eigenvalue weighted by atomic mass is 32.2. The van der Waals surface area contributed by atoms with Gasteiger partial charge in [-0.1, -0.05) is 51.1 Å². The van der Waals surface area contributed by atoms with Crippen LogP contribution in [0.3, 0.4) is 0 Å². The molecule has 3 heterocycles. The topological polar surface area (TPSA) is 117 Å². The van der Waals surface area contributed by atoms with E-state index in [4.69, 9.17) is 9.16 Å². The van der Waals surface area contributed by atoms with Crippen LogP contribution in [0, 0.1) is 16.0 Å². The predicted octanol–water partition coefficient (Wildman–Crippen LogP) is 6.28. The van der Waals surface area contributed by atoms with Crippen molar-refractivity contribution in [3.63, 3.8) is 0 Å². The van der Waals surface area contributed by atoms with E-state index >= 15 is 0 Å². The molecular formula is C32H38N4O6SSi. The van der Waals surface area contributed by atoms with Gasteiger partial charge in [-0.25, -0.2) is 9.78 Å². The van der Waals surface area contributed by atoms with Crippen LogP contribution in [0.5, 0.6) is 0 Å². The van der Waals surface area contributed by atoms with E-state index in [1.54, 1.807) is 23.2 Å². The van der Waals surface area contributed by atoms with E-state index in [0.29, 0.717) is 18.5 Å². The van der Waals surface area contributed by atoms with Crippen molar-refractivity contribution in [3.8, 4) is 0 Å². The fourth-order valence-corrected chi connectivity index (χ4v) is 8.20. The first-order chi connectivity index (χ1) is 20.8. The Morgan fingerprint density at radius 2 is 1.80 bits per heavy atom. The van der Waals surface area contributed by atoms with Crippen molar-refractivity contribution in [2.75, 3.05) is 0 Å². The number of carbonyl (C=O) groups is 2. The molecule has 0 saturated carbocycles. The molecule has 1 fully saturated rings. The number of hydrogen-bond donors (Lipinski definition) is 0. The van der Waals surface area contributed by atoms with Crippen molar-refractivity contribution in [2.24, 2.45) is 5.92 Å². The minimum Gasteiger partial charge on any atom is -0.456 e. The molecule has 2 aliphatic heterocycles. The van der Waals surface area contributed by atoms with E-state index in [0.717, 1.165) is 16.3 Å². The highest BCUT2D eigenvalue weighted by Gasteiger charge is 2.59. The van der Waals surface area contributed by atoms with E-state index in [9.17, 15) is 19.7 Å². The molecule has 1 saturated heterocycles. The number of nitrogens with zero attached hydrogens (tertiary/aromatic N) is 4. The normalized spacial score (nSPS) is 19.0. The second kappa shape index (κ2) is 12.3. The lowest BCUT2D eigenvalue weighted by molar-refractivity contribution is -0.384. The summed E-state index contributed by atoms with van der Waals surface area (Å²) in [5.74, 6) is -0.389. The summed E-state index contributed by atoms with van der Waals surface area (Å²) >= 11 is 1.50. The SMILES string of the molecule is C[C@H](O[Si](C)(C)C(C)(C)C)[C@@H]1C(=O)N2C(C(=O)OCc3ccc([N+](=O)[O-])cc3)=C(Cc3nccn3Cc3ccccc3)S[C@H]12. The van der Waals surface area contributed by atoms with Crippen LogP contribution in [0.1, 0.15) is 44.6 Å². The molecule has 0 spiro atoms. The average molecular weight is 635 g/mol. The Kier molecular flexibility index (Phi) is 8.88. The molecule has 1 aromatic heterocycles. The number of imidazole rings is 1. The third-order valence-electron chi connectivity index (χ3n) is 8.67. The number of aromatic nitrogens is 2. The molecule has 0 unspecified atom stereocenters. The molecule has 3 atom stereocenters. The Hall–Kier alpha value is -3.74. The highest BCUT2D eigenvalue weighted by molar-refractivity contribution is 8.04. The van der Waals surface area contributed by atoms with Gasteiger partial charge in [-0.3, -0.25) is 19.8 Å². The number of ether oxygens (including phenoxy) is 1. The summed E-state index contributed by atoms with van der Waals surface area (Å²) in [4.78, 5) is 44.7. The van der Waals surface area contributed by atoms with Crippen LogP contribution in [0.25, 0.3) is 0 Å². The lowest BCUT2D eigenvalue weighted by atomic mass is 9.92. The Bertz CT molecular complexity index is 1580. The molecule has 232 valence electrons. The van der Waals surface area contributed by atoms with E-state index in [2.05, 4.69) is 38.8 Å². The molecule has 0 radical (unpaired) electrons. The number of nitro groups is 1. The van der Waals surface area contributed by atoms with Crippen molar-refractivity contribution in [1.29, 1.82) is 0 Å². The van der Waals surface area contributed by atoms with Gasteiger partial charge in [0.15, 0.2) is 8.32 Å². The summed E-state index contributed by atoms with van der Waals surface area (Å²) in [5, 5.41) is 10.7. The van der Waals surface area contributed by atoms with Gasteiger partial charge in [0.1, 0.15) is 23.5 Å². The first-order valence-electron chi connectivity index (χ1n) is 14.6. The maximum absolute atomic E-state index is 13.7. The van der Waals surface area contributed by atoms with Gasteiger partial charge >= 0.3 is 5.97 Å². The zero-order valence-corrected chi connectivity index (χ0v) is 27.7. The van der Waals surface area contributed by atoms with E-state index in [1.165, 1.54) is 23.9 Å². The lowest BCUT2D eigenvalue weighted by Crippen LogP contribution is -2.62. The van der Waals surface area contributed by atoms with Gasteiger partial charge in [-0.15, -0.1) is 11.8 Å². The second-order valence-electron chi connectivity index (χ2n) is 12.7. The second-order valence-corrected chi connectivity index (χ2v) is 18.7. The molecule has 10 nitrogen and oxygen atoms in total. The summed E-state index contributed by atoms with van der Waals surface area (Å²) in [6.45, 7) is 13.3. The van der Waals surface area contributed by atoms with Crippen LogP contribution in [0.4, 0.5) is 5.69 Å². The van der Waals surface area contributed by atoms with Crippen molar-refractivity contribution in [2.45, 2.75) is 76.9 Å². The van der Waals surface area contributed by atoms with Gasteiger partial charge in [0, 0.05) is 42.4 Å². The van der Waals surface area contributed by atoms with Crippen molar-refractivity contribution >= 4 is 37.6 Å². The quantitative estimate of drug-likeness (QED) is 0.0796. The van der Waals surface area contributed by atoms with Crippen molar-refractivity contribution in [1.82, 2.24) is 14.5 Å². The number of allylic oxidation sites excluding steroid dienone is 1. The van der Waals surface area contributed by atoms with Crippen LogP contribution >= 0.6 is 11.8 Å². The largest absolute Gasteiger partial charge is 0.456 e. The first kappa shape index (κ1) is 31.7. The van der Waals surface area contributed by atoms with Crippen LogP contribution in [0.15, 0.2) is 77.6 Å². The Morgan fingerprint density at radius 3 is 2.43 bits per heavy atom. The van der Waals surface area contributed by atoms with E-state index < -0.39 is 25.1 Å². The Morgan fingerprint density at radius 1 is 1.11 bits per heavy atom. The number of carbonyl (C=O) groups excluding carboxylic acids is 2. The summed E-state index contributed by atoms with van der Waals surface area (Å²) < 4.78 is 14.3. The van der Waals surface area contributed by atoms with Gasteiger partial charge in [0.05, 0.1) is 16.9 Å². The predicted molar refractivity (Wildman–Crippen MR) is 171 cm³/mol. The third kappa shape index (κ3) is 6.38. The highest BCUT2D eigenvalue weighted by Crippen LogP contribution is 2.52. The number of nitro benzene ring substituents is 1. The molecule has 2 aliphatic rings. The van der Waals surface area contributed by atoms with Crippen LogP contribution in [-0.2, 0) is 38.3 Å². The number of amides is 1. The number of fused-ring (bicyclic) bond motifs is 1. The molecular weight excluding hydrogens is 597 g/mol. The number of benzene rings is 2. The molecule has 0 aliphatic carbocycles. The lowest BCUT2D eigenvalue weighted by Gasteiger charge is -2.48. The van der Waals surface area contributed by atoms with Crippen LogP contribution < -0.4 is 0 Å². The molecule has 5 rings (SSSR count). The number of hydrogen-bond acceptors (Lipinski definition) is 8. The van der Waals surface area contributed by atoms with Gasteiger partial charge in [-0.05, 0) is 48.3 Å². The Balaban J connectivity index is 1.39. The summed E-state index contributed by atoms with van der Waals surface area (Å²) in [7, 11) is -2.14. The smallest absolute Gasteiger partial charge is 0.356 e. The maximum Gasteiger partial charge on any atom is 0.356 e. The molecule has 44 heavy (non-hydrogen) atoms. The molecule has 2 aromatic carbocycles. The van der Waals surface area contributed by atoms with E-state index in [1.807, 2.05) is 48.0 Å². The van der Waals surface area contributed by atoms with Gasteiger partial charge in [-0.2, -0.15) is 0 Å². The minimum absolute atomic E-state index is 0.0113. The van der Waals surface area contributed by atoms with Crippen LogP contribution in [-0.4, -0.2) is 51.0 Å². The molecule has 1 amide bonds. The Labute approximate surface area is 262 Å². The summed E-state index contributed by atoms with van der Waals surface area (Å²) in [6, 6.07) is 15.9. The van der Waals surface area contributed by atoms with E-state index in [-0.39, 0.29) is 40.4 Å². The van der Waals surface area contributed by atoms with Crippen LogP contribution in [0.2, 0.25) is 18.1 Å². The molecule has 0 N–H and O–H groups in total. The zero-order chi connectivity index (χ0) is 31.8. The molecule has 3 aromatic rings. The maximum atomic E-state index is 13.7.